The van der Waals surface area contributed by atoms with E-state index in [1.54, 1.807) is 62.3 Å². The summed E-state index contributed by atoms with van der Waals surface area (Å²) in [6.45, 7) is 23.1. The first-order valence-electron chi connectivity index (χ1n) is 23.4. The maximum absolute atomic E-state index is 14.0. The molecule has 1 saturated carbocycles. The fourth-order valence-electron chi connectivity index (χ4n) is 7.72. The van der Waals surface area contributed by atoms with Crippen LogP contribution in [0.5, 0.6) is 0 Å². The lowest BCUT2D eigenvalue weighted by Crippen LogP contribution is -2.70. The third kappa shape index (κ3) is 18.2. The Balaban J connectivity index is 2.35. The highest BCUT2D eigenvalue weighted by Gasteiger charge is 2.59. The Hall–Kier alpha value is -4.97. The van der Waals surface area contributed by atoms with Gasteiger partial charge in [0.15, 0.2) is 37.0 Å². The molecule has 0 aromatic rings. The quantitative estimate of drug-likeness (QED) is 0.176. The van der Waals surface area contributed by atoms with Gasteiger partial charge in [-0.05, 0) is 95.9 Å². The van der Waals surface area contributed by atoms with E-state index in [4.69, 9.17) is 56.8 Å². The predicted molar refractivity (Wildman–Crippen MR) is 242 cm³/mol. The average molecular weight is 1020 g/mol. The number of amides is 1. The van der Waals surface area contributed by atoms with Crippen molar-refractivity contribution in [1.82, 2.24) is 5.32 Å². The molecule has 0 aromatic carbocycles. The minimum atomic E-state index is -1.95. The third-order valence-corrected chi connectivity index (χ3v) is 10.7. The Bertz CT molecular complexity index is 1940. The zero-order valence-corrected chi connectivity index (χ0v) is 43.9. The van der Waals surface area contributed by atoms with Gasteiger partial charge in [-0.1, -0.05) is 0 Å². The molecule has 404 valence electrons. The lowest BCUT2D eigenvalue weighted by atomic mass is 9.76. The molecule has 3 rings (SSSR count). The first-order chi connectivity index (χ1) is 32.4. The van der Waals surface area contributed by atoms with Crippen LogP contribution in [-0.2, 0) is 100.0 Å². The van der Waals surface area contributed by atoms with Crippen molar-refractivity contribution in [2.24, 2.45) is 22.7 Å². The highest BCUT2D eigenvalue weighted by molar-refractivity contribution is 5.83. The molecule has 1 amide bonds. The van der Waals surface area contributed by atoms with Gasteiger partial charge in [0.2, 0.25) is 5.91 Å². The molecule has 2 saturated heterocycles. The van der Waals surface area contributed by atoms with E-state index in [-0.39, 0.29) is 12.8 Å². The molecule has 3 aliphatic rings. The van der Waals surface area contributed by atoms with Crippen LogP contribution in [0.15, 0.2) is 0 Å². The number of hydrogen-bond acceptors (Lipinski definition) is 22. The van der Waals surface area contributed by atoms with Crippen molar-refractivity contribution in [3.8, 4) is 0 Å². The van der Waals surface area contributed by atoms with Gasteiger partial charge in [0, 0.05) is 34.6 Å². The summed E-state index contributed by atoms with van der Waals surface area (Å²) in [5.74, 6) is -10.0. The number of rotatable bonds is 15. The van der Waals surface area contributed by atoms with Gasteiger partial charge in [0.1, 0.15) is 48.8 Å². The highest BCUT2D eigenvalue weighted by atomic mass is 16.8. The van der Waals surface area contributed by atoms with Crippen LogP contribution >= 0.6 is 0 Å². The van der Waals surface area contributed by atoms with Crippen LogP contribution in [0.1, 0.15) is 131 Å². The molecule has 0 spiro atoms. The Morgan fingerprint density at radius 2 is 0.944 bits per heavy atom. The molecule has 71 heavy (non-hydrogen) atoms. The van der Waals surface area contributed by atoms with Crippen molar-refractivity contribution in [1.29, 1.82) is 0 Å². The van der Waals surface area contributed by atoms with E-state index in [1.807, 2.05) is 0 Å². The van der Waals surface area contributed by atoms with Crippen molar-refractivity contribution < 1.29 is 105 Å². The molecule has 1 aliphatic carbocycles. The summed E-state index contributed by atoms with van der Waals surface area (Å²) in [6.07, 6.45) is -19.1. The van der Waals surface area contributed by atoms with Crippen molar-refractivity contribution >= 4 is 53.7 Å². The molecule has 0 unspecified atom stereocenters. The van der Waals surface area contributed by atoms with E-state index in [9.17, 15) is 48.3 Å². The molecular weight excluding hydrogens is 943 g/mol. The minimum absolute atomic E-state index is 0.371. The smallest absolute Gasteiger partial charge is 0.311 e. The van der Waals surface area contributed by atoms with Crippen LogP contribution < -0.4 is 5.32 Å². The number of aliphatic hydroxyl groups is 1. The maximum Gasteiger partial charge on any atom is 0.311 e. The lowest BCUT2D eigenvalue weighted by Gasteiger charge is -2.50. The second-order valence-electron chi connectivity index (χ2n) is 21.9. The van der Waals surface area contributed by atoms with Crippen LogP contribution in [0.4, 0.5) is 0 Å². The predicted octanol–water partition coefficient (Wildman–Crippen LogP) is 2.69. The summed E-state index contributed by atoms with van der Waals surface area (Å²) in [4.78, 5) is 118. The van der Waals surface area contributed by atoms with E-state index in [1.165, 1.54) is 20.8 Å². The molecule has 14 atom stereocenters. The molecule has 2 heterocycles. The molecule has 0 radical (unpaired) electrons. The van der Waals surface area contributed by atoms with Gasteiger partial charge in [-0.2, -0.15) is 0 Å². The molecule has 0 bridgehead atoms. The van der Waals surface area contributed by atoms with Gasteiger partial charge in [-0.3, -0.25) is 43.2 Å². The molecule has 2 aliphatic heterocycles. The van der Waals surface area contributed by atoms with Gasteiger partial charge in [0.05, 0.1) is 34.9 Å². The number of hydrogen-bond donors (Lipinski definition) is 2. The van der Waals surface area contributed by atoms with Gasteiger partial charge < -0.3 is 67.3 Å². The van der Waals surface area contributed by atoms with Crippen molar-refractivity contribution in [3.05, 3.63) is 0 Å². The number of aliphatic hydroxyl groups excluding tert-OH is 1. The van der Waals surface area contributed by atoms with E-state index < -0.39 is 174 Å². The van der Waals surface area contributed by atoms with E-state index in [0.717, 1.165) is 34.6 Å². The van der Waals surface area contributed by atoms with Crippen molar-refractivity contribution in [2.45, 2.75) is 215 Å². The topological polar surface area (TPSA) is 297 Å². The van der Waals surface area contributed by atoms with Crippen LogP contribution in [0.2, 0.25) is 0 Å². The second kappa shape index (κ2) is 24.2. The van der Waals surface area contributed by atoms with Crippen LogP contribution in [0, 0.1) is 22.7 Å². The summed E-state index contributed by atoms with van der Waals surface area (Å²) in [7, 11) is 0. The summed E-state index contributed by atoms with van der Waals surface area (Å²) in [6, 6.07) is -1.64. The van der Waals surface area contributed by atoms with Crippen LogP contribution in [0.25, 0.3) is 0 Å². The highest BCUT2D eigenvalue weighted by Crippen LogP contribution is 2.40. The lowest BCUT2D eigenvalue weighted by molar-refractivity contribution is -0.352. The molecule has 23 heteroatoms. The summed E-state index contributed by atoms with van der Waals surface area (Å²) >= 11 is 0. The zero-order valence-electron chi connectivity index (χ0n) is 43.9. The van der Waals surface area contributed by atoms with Crippen molar-refractivity contribution in [3.63, 3.8) is 0 Å². The summed E-state index contributed by atoms with van der Waals surface area (Å²) in [5.41, 5.74) is -4.28. The standard InChI is InChI=1S/C48H75NO22/c1-22(50)49-33-36(68-42-38(64-26(5)54)37(63-25(4)53)35(62-24(3)52)31(67-42)20-60-23(2)51)34(69-44(59)46(9,10)11)32(21-61-43(58)45(6,7)8)66-41(33)65-30-19-28(40(57)71-48(15,16)17)27(18-29(30)55)39(56)70-47(12,13)14/h27-38,41-42,55H,18-21H2,1-17H3,(H,49,50)/t27-,28-,29+,30-,31+,32+,33+,34-,35-,36+,37-,38+,41+,42-/m0/s1. The number of nitrogens with one attached hydrogen (secondary N) is 1. The first-order valence-corrected chi connectivity index (χ1v) is 23.4. The van der Waals surface area contributed by atoms with E-state index >= 15 is 0 Å². The maximum atomic E-state index is 14.0. The molecular formula is C48H75NO22. The van der Waals surface area contributed by atoms with E-state index in [0.29, 0.717) is 0 Å². The fraction of sp³-hybridized carbons (Fsp3) is 0.812. The Morgan fingerprint density at radius 1 is 0.507 bits per heavy atom. The van der Waals surface area contributed by atoms with Crippen LogP contribution in [0.3, 0.4) is 0 Å². The Labute approximate surface area is 414 Å². The number of esters is 8. The number of carbonyl (C=O) groups is 9. The van der Waals surface area contributed by atoms with Gasteiger partial charge in [0.25, 0.3) is 0 Å². The molecule has 23 nitrogen and oxygen atoms in total. The first kappa shape index (κ1) is 60.3. The number of carbonyl (C=O) groups excluding carboxylic acids is 9. The average Bonchev–Trinajstić information content (AvgIpc) is 3.18. The Kier molecular flexibility index (Phi) is 20.5. The second-order valence-corrected chi connectivity index (χ2v) is 21.9. The van der Waals surface area contributed by atoms with Gasteiger partial charge in [-0.15, -0.1) is 0 Å². The van der Waals surface area contributed by atoms with Crippen molar-refractivity contribution in [2.75, 3.05) is 13.2 Å². The summed E-state index contributed by atoms with van der Waals surface area (Å²) in [5, 5.41) is 14.5. The largest absolute Gasteiger partial charge is 0.463 e. The SMILES string of the molecule is CC(=O)N[C@H]1[C@H](O[C@H]2C[C@H](C(=O)OC(C)(C)C)[C@@H](C(=O)OC(C)(C)C)C[C@H]2O)O[C@H](COC(=O)C(C)(C)C)[C@H](OC(=O)C(C)(C)C)[C@@H]1O[C@@H]1O[C@H](COC(C)=O)[C@H](OC(C)=O)[C@H](OC(C)=O)[C@H]1OC(C)=O. The normalized spacial score (nSPS) is 30.3. The summed E-state index contributed by atoms with van der Waals surface area (Å²) < 4.78 is 71.2. The zero-order chi connectivity index (χ0) is 54.3. The molecule has 2 N–H and O–H groups in total. The molecule has 0 aromatic heterocycles. The van der Waals surface area contributed by atoms with Crippen LogP contribution in [-0.4, -0.2) is 157 Å². The number of ether oxygens (including phenoxy) is 12. The molecule has 3 fully saturated rings. The van der Waals surface area contributed by atoms with Gasteiger partial charge in [-0.25, -0.2) is 0 Å². The minimum Gasteiger partial charge on any atom is -0.463 e. The monoisotopic (exact) mass is 1020 g/mol. The van der Waals surface area contributed by atoms with Gasteiger partial charge >= 0.3 is 47.8 Å². The Morgan fingerprint density at radius 3 is 1.39 bits per heavy atom. The fourth-order valence-corrected chi connectivity index (χ4v) is 7.72. The van der Waals surface area contributed by atoms with E-state index in [2.05, 4.69) is 5.32 Å². The third-order valence-electron chi connectivity index (χ3n) is 10.7.